The highest BCUT2D eigenvalue weighted by molar-refractivity contribution is 6.04. The largest absolute Gasteiger partial charge is 0.466 e. The van der Waals surface area contributed by atoms with Crippen LogP contribution in [0.15, 0.2) is 41.1 Å². The number of aromatic nitrogens is 1. The van der Waals surface area contributed by atoms with Gasteiger partial charge < -0.3 is 19.4 Å². The number of amides is 2. The van der Waals surface area contributed by atoms with Gasteiger partial charge in [0, 0.05) is 44.7 Å². The molecule has 9 heteroatoms. The second-order valence-electron chi connectivity index (χ2n) is 11.3. The Morgan fingerprint density at radius 3 is 2.60 bits per heavy atom. The minimum atomic E-state index is -0.212. The topological polar surface area (TPSA) is 105 Å². The van der Waals surface area contributed by atoms with Gasteiger partial charge in [0.05, 0.1) is 12.9 Å². The summed E-state index contributed by atoms with van der Waals surface area (Å²) in [5.74, 6) is 0.701. The molecular weight excluding hydrogens is 508 g/mol. The molecule has 2 aromatic heterocycles. The first-order valence-electron chi connectivity index (χ1n) is 14.8. The fourth-order valence-corrected chi connectivity index (χ4v) is 6.11. The summed E-state index contributed by atoms with van der Waals surface area (Å²) >= 11 is 0. The lowest BCUT2D eigenvalue weighted by Crippen LogP contribution is -2.48. The van der Waals surface area contributed by atoms with Crippen LogP contribution in [0, 0.1) is 12.3 Å². The molecule has 0 atom stereocenters. The van der Waals surface area contributed by atoms with E-state index in [0.717, 1.165) is 57.3 Å². The van der Waals surface area contributed by atoms with Crippen LogP contribution in [0.5, 0.6) is 0 Å². The molecule has 2 fully saturated rings. The van der Waals surface area contributed by atoms with E-state index in [1.165, 1.54) is 19.1 Å². The number of anilines is 1. The molecule has 3 heterocycles. The van der Waals surface area contributed by atoms with Gasteiger partial charge in [0.2, 0.25) is 5.91 Å². The van der Waals surface area contributed by atoms with Crippen molar-refractivity contribution in [2.75, 3.05) is 37.7 Å². The highest BCUT2D eigenvalue weighted by Gasteiger charge is 2.37. The fraction of sp³-hybridized carbons (Fsp3) is 0.613. The lowest BCUT2D eigenvalue weighted by molar-refractivity contribution is -0.143. The Kier molecular flexibility index (Phi) is 10.7. The van der Waals surface area contributed by atoms with Gasteiger partial charge in [0.15, 0.2) is 5.76 Å². The van der Waals surface area contributed by atoms with Gasteiger partial charge in [-0.25, -0.2) is 4.98 Å². The number of likely N-dealkylation sites (tertiary alicyclic amines) is 1. The zero-order valence-corrected chi connectivity index (χ0v) is 24.0. The SMILES string of the molecule is CCOC(=O)CCCNC(=O)CC1(CCN2CCC(N(C(=O)c3ccco3)c3ccc(C)cn3)CC2)CCCC1. The molecule has 2 amide bonds. The maximum atomic E-state index is 13.4. The fourth-order valence-electron chi connectivity index (χ4n) is 6.11. The van der Waals surface area contributed by atoms with Crippen molar-refractivity contribution in [1.82, 2.24) is 15.2 Å². The monoisotopic (exact) mass is 552 g/mol. The molecule has 1 aliphatic heterocycles. The molecule has 0 unspecified atom stereocenters. The molecule has 9 nitrogen and oxygen atoms in total. The molecule has 2 aliphatic rings. The van der Waals surface area contributed by atoms with E-state index in [-0.39, 0.29) is 29.2 Å². The number of piperidine rings is 1. The smallest absolute Gasteiger partial charge is 0.305 e. The van der Waals surface area contributed by atoms with Crippen LogP contribution < -0.4 is 10.2 Å². The number of rotatable bonds is 13. The normalized spacial score (nSPS) is 17.4. The van der Waals surface area contributed by atoms with E-state index in [0.29, 0.717) is 44.0 Å². The molecule has 0 spiro atoms. The Morgan fingerprint density at radius 2 is 1.95 bits per heavy atom. The van der Waals surface area contributed by atoms with Crippen LogP contribution in [0.4, 0.5) is 5.82 Å². The number of pyridine rings is 1. The summed E-state index contributed by atoms with van der Waals surface area (Å²) in [6, 6.07) is 7.38. The average molecular weight is 553 g/mol. The van der Waals surface area contributed by atoms with Crippen LogP contribution in [-0.4, -0.2) is 66.5 Å². The number of aryl methyl sites for hydroxylation is 1. The first kappa shape index (κ1) is 29.8. The third-order valence-corrected chi connectivity index (χ3v) is 8.36. The van der Waals surface area contributed by atoms with Crippen molar-refractivity contribution >= 4 is 23.6 Å². The van der Waals surface area contributed by atoms with Crippen LogP contribution in [0.3, 0.4) is 0 Å². The van der Waals surface area contributed by atoms with Crippen molar-refractivity contribution in [2.24, 2.45) is 5.41 Å². The minimum absolute atomic E-state index is 0.0462. The summed E-state index contributed by atoms with van der Waals surface area (Å²) in [6.07, 6.45) is 12.0. The van der Waals surface area contributed by atoms with Crippen LogP contribution in [-0.2, 0) is 14.3 Å². The standard InChI is InChI=1S/C31H44N4O5/c1-3-39-29(37)9-6-17-32-28(36)22-31(14-4-5-15-31)16-20-34-18-12-25(13-19-34)35(27-11-10-24(2)23-33-27)30(38)26-8-7-21-40-26/h7-8,10-11,21,23,25H,3-6,9,12-20,22H2,1-2H3,(H,32,36). The Hall–Kier alpha value is -3.20. The molecule has 0 aromatic carbocycles. The van der Waals surface area contributed by atoms with E-state index in [9.17, 15) is 14.4 Å². The van der Waals surface area contributed by atoms with E-state index in [2.05, 4.69) is 15.2 Å². The molecule has 1 saturated heterocycles. The Balaban J connectivity index is 1.28. The highest BCUT2D eigenvalue weighted by atomic mass is 16.5. The van der Waals surface area contributed by atoms with E-state index in [1.807, 2.05) is 19.1 Å². The van der Waals surface area contributed by atoms with Crippen LogP contribution in [0.2, 0.25) is 0 Å². The number of carbonyl (C=O) groups is 3. The van der Waals surface area contributed by atoms with Crippen LogP contribution >= 0.6 is 0 Å². The van der Waals surface area contributed by atoms with Gasteiger partial charge in [-0.05, 0) is 88.1 Å². The minimum Gasteiger partial charge on any atom is -0.466 e. The lowest BCUT2D eigenvalue weighted by atomic mass is 9.79. The number of furan rings is 1. The zero-order chi connectivity index (χ0) is 28.4. The molecule has 40 heavy (non-hydrogen) atoms. The van der Waals surface area contributed by atoms with Crippen molar-refractivity contribution in [1.29, 1.82) is 0 Å². The summed E-state index contributed by atoms with van der Waals surface area (Å²) < 4.78 is 10.4. The predicted molar refractivity (Wildman–Crippen MR) is 153 cm³/mol. The summed E-state index contributed by atoms with van der Waals surface area (Å²) in [7, 11) is 0. The molecule has 1 aliphatic carbocycles. The summed E-state index contributed by atoms with van der Waals surface area (Å²) in [5, 5.41) is 3.02. The number of nitrogens with one attached hydrogen (secondary N) is 1. The summed E-state index contributed by atoms with van der Waals surface area (Å²) in [6.45, 7) is 7.42. The Morgan fingerprint density at radius 1 is 1.18 bits per heavy atom. The Labute approximate surface area is 237 Å². The second kappa shape index (κ2) is 14.4. The summed E-state index contributed by atoms with van der Waals surface area (Å²) in [4.78, 5) is 46.5. The first-order valence-corrected chi connectivity index (χ1v) is 14.8. The molecule has 2 aromatic rings. The van der Waals surface area contributed by atoms with Crippen molar-refractivity contribution < 1.29 is 23.5 Å². The van der Waals surface area contributed by atoms with Gasteiger partial charge >= 0.3 is 5.97 Å². The third-order valence-electron chi connectivity index (χ3n) is 8.36. The number of esters is 1. The highest BCUT2D eigenvalue weighted by Crippen LogP contribution is 2.44. The second-order valence-corrected chi connectivity index (χ2v) is 11.3. The zero-order valence-electron chi connectivity index (χ0n) is 24.0. The third kappa shape index (κ3) is 8.16. The van der Waals surface area contributed by atoms with Gasteiger partial charge in [0.25, 0.3) is 5.91 Å². The van der Waals surface area contributed by atoms with Crippen molar-refractivity contribution in [3.8, 4) is 0 Å². The van der Waals surface area contributed by atoms with Gasteiger partial charge in [-0.15, -0.1) is 0 Å². The van der Waals surface area contributed by atoms with Gasteiger partial charge in [-0.2, -0.15) is 0 Å². The van der Waals surface area contributed by atoms with Crippen LogP contribution in [0.25, 0.3) is 0 Å². The molecule has 218 valence electrons. The molecule has 0 radical (unpaired) electrons. The number of hydrogen-bond acceptors (Lipinski definition) is 7. The van der Waals surface area contributed by atoms with E-state index >= 15 is 0 Å². The van der Waals surface area contributed by atoms with Gasteiger partial charge in [0.1, 0.15) is 5.82 Å². The first-order chi connectivity index (χ1) is 19.4. The molecule has 4 rings (SSSR count). The number of carbonyl (C=O) groups excluding carboxylic acids is 3. The van der Waals surface area contributed by atoms with Crippen molar-refractivity contribution in [3.05, 3.63) is 48.0 Å². The number of hydrogen-bond donors (Lipinski definition) is 1. The van der Waals surface area contributed by atoms with Crippen molar-refractivity contribution in [3.63, 3.8) is 0 Å². The van der Waals surface area contributed by atoms with Crippen molar-refractivity contribution in [2.45, 2.75) is 84.1 Å². The number of nitrogens with zero attached hydrogens (tertiary/aromatic N) is 3. The average Bonchev–Trinajstić information content (AvgIpc) is 3.65. The Bertz CT molecular complexity index is 1090. The molecule has 1 saturated carbocycles. The van der Waals surface area contributed by atoms with E-state index < -0.39 is 0 Å². The molecule has 0 bridgehead atoms. The van der Waals surface area contributed by atoms with Gasteiger partial charge in [-0.1, -0.05) is 18.9 Å². The van der Waals surface area contributed by atoms with Gasteiger partial charge in [-0.3, -0.25) is 19.3 Å². The lowest BCUT2D eigenvalue weighted by Gasteiger charge is -2.39. The quantitative estimate of drug-likeness (QED) is 0.279. The maximum absolute atomic E-state index is 13.4. The van der Waals surface area contributed by atoms with Crippen LogP contribution in [0.1, 0.15) is 87.3 Å². The maximum Gasteiger partial charge on any atom is 0.305 e. The molecular formula is C31H44N4O5. The molecule has 1 N–H and O–H groups in total. The van der Waals surface area contributed by atoms with E-state index in [4.69, 9.17) is 9.15 Å². The summed E-state index contributed by atoms with van der Waals surface area (Å²) in [5.41, 5.74) is 1.10. The number of ether oxygens (including phenoxy) is 1. The van der Waals surface area contributed by atoms with E-state index in [1.54, 1.807) is 30.2 Å². The predicted octanol–water partition coefficient (Wildman–Crippen LogP) is 4.89.